The predicted octanol–water partition coefficient (Wildman–Crippen LogP) is 3.19. The Kier molecular flexibility index (Phi) is 5.14. The van der Waals surface area contributed by atoms with E-state index >= 15 is 0 Å². The van der Waals surface area contributed by atoms with Gasteiger partial charge in [0.15, 0.2) is 0 Å². The Labute approximate surface area is 178 Å². The van der Waals surface area contributed by atoms with Crippen LogP contribution in [0, 0.1) is 19.7 Å². The van der Waals surface area contributed by atoms with Crippen LogP contribution in [-0.2, 0) is 23.2 Å². The number of amides is 1. The number of hydrogen-bond donors (Lipinski definition) is 1. The number of aromatic nitrogens is 3. The van der Waals surface area contributed by atoms with Crippen molar-refractivity contribution in [1.82, 2.24) is 19.7 Å². The molecule has 1 saturated heterocycles. The first-order valence-electron chi connectivity index (χ1n) is 9.73. The van der Waals surface area contributed by atoms with Crippen molar-refractivity contribution >= 4 is 17.4 Å². The summed E-state index contributed by atoms with van der Waals surface area (Å²) in [6, 6.07) is 8.21. The third-order valence-electron chi connectivity index (χ3n) is 5.55. The van der Waals surface area contributed by atoms with Crippen LogP contribution in [0.4, 0.5) is 4.39 Å². The van der Waals surface area contributed by atoms with Crippen molar-refractivity contribution in [2.75, 3.05) is 0 Å². The first kappa shape index (κ1) is 20.5. The number of Topliss-reactive ketones (excluding diaryl/α,β-unsaturated/α-hetero) is 1. The molecule has 1 aliphatic rings. The molecular weight excluding hydrogens is 399 g/mol. The van der Waals surface area contributed by atoms with Crippen LogP contribution in [0.15, 0.2) is 54.4 Å². The summed E-state index contributed by atoms with van der Waals surface area (Å²) >= 11 is 0. The van der Waals surface area contributed by atoms with Crippen LogP contribution in [-0.4, -0.2) is 36.5 Å². The van der Waals surface area contributed by atoms with Gasteiger partial charge >= 0.3 is 0 Å². The van der Waals surface area contributed by atoms with Gasteiger partial charge in [-0.2, -0.15) is 5.10 Å². The number of benzene rings is 1. The molecule has 1 aromatic carbocycles. The normalized spacial score (nSPS) is 18.1. The molecule has 7 nitrogen and oxygen atoms in total. The Hall–Kier alpha value is -3.81. The van der Waals surface area contributed by atoms with E-state index in [0.717, 1.165) is 5.56 Å². The lowest BCUT2D eigenvalue weighted by atomic mass is 9.94. The van der Waals surface area contributed by atoms with E-state index in [2.05, 4.69) is 10.1 Å². The molecule has 1 amide bonds. The maximum absolute atomic E-state index is 13.6. The number of pyridine rings is 1. The molecule has 158 valence electrons. The third kappa shape index (κ3) is 3.50. The summed E-state index contributed by atoms with van der Waals surface area (Å²) in [5, 5.41) is 15.5. The second-order valence-electron chi connectivity index (χ2n) is 7.51. The predicted molar refractivity (Wildman–Crippen MR) is 111 cm³/mol. The van der Waals surface area contributed by atoms with Crippen LogP contribution < -0.4 is 0 Å². The Morgan fingerprint density at radius 1 is 1.16 bits per heavy atom. The number of likely N-dealkylation sites (tertiary alicyclic amines) is 1. The maximum Gasteiger partial charge on any atom is 0.295 e. The van der Waals surface area contributed by atoms with Crippen LogP contribution in [0.1, 0.15) is 34.1 Å². The molecule has 0 saturated carbocycles. The molecule has 3 heterocycles. The molecule has 0 radical (unpaired) electrons. The lowest BCUT2D eigenvalue weighted by molar-refractivity contribution is -0.140. The highest BCUT2D eigenvalue weighted by Gasteiger charge is 2.46. The summed E-state index contributed by atoms with van der Waals surface area (Å²) in [6.07, 6.45) is 3.22. The highest BCUT2D eigenvalue weighted by molar-refractivity contribution is 6.46. The summed E-state index contributed by atoms with van der Waals surface area (Å²) in [4.78, 5) is 31.5. The van der Waals surface area contributed by atoms with Crippen molar-refractivity contribution in [1.29, 1.82) is 0 Å². The molecule has 4 rings (SSSR count). The number of aryl methyl sites for hydroxylation is 2. The summed E-state index contributed by atoms with van der Waals surface area (Å²) in [6.45, 7) is 3.61. The average Bonchev–Trinajstić information content (AvgIpc) is 3.15. The van der Waals surface area contributed by atoms with Crippen molar-refractivity contribution in [2.45, 2.75) is 26.4 Å². The Morgan fingerprint density at radius 2 is 1.87 bits per heavy atom. The van der Waals surface area contributed by atoms with E-state index in [9.17, 15) is 19.1 Å². The van der Waals surface area contributed by atoms with Crippen molar-refractivity contribution in [2.24, 2.45) is 7.05 Å². The number of carbonyl (C=O) groups is 2. The van der Waals surface area contributed by atoms with Gasteiger partial charge in [-0.25, -0.2) is 4.39 Å². The van der Waals surface area contributed by atoms with Crippen LogP contribution >= 0.6 is 0 Å². The number of aliphatic hydroxyl groups is 1. The molecule has 0 bridgehead atoms. The number of rotatable bonds is 4. The molecular formula is C23H21FN4O3. The number of ketones is 1. The van der Waals surface area contributed by atoms with Crippen LogP contribution in [0.3, 0.4) is 0 Å². The van der Waals surface area contributed by atoms with Gasteiger partial charge in [-0.3, -0.25) is 19.3 Å². The van der Waals surface area contributed by atoms with E-state index in [1.807, 2.05) is 0 Å². The van der Waals surface area contributed by atoms with E-state index in [0.29, 0.717) is 22.5 Å². The van der Waals surface area contributed by atoms with Crippen molar-refractivity contribution < 1.29 is 19.1 Å². The van der Waals surface area contributed by atoms with Gasteiger partial charge in [0.05, 0.1) is 22.9 Å². The van der Waals surface area contributed by atoms with Crippen molar-refractivity contribution in [3.8, 4) is 0 Å². The molecule has 0 spiro atoms. The first-order chi connectivity index (χ1) is 14.8. The minimum atomic E-state index is -0.875. The topological polar surface area (TPSA) is 88.3 Å². The maximum atomic E-state index is 13.6. The number of nitrogens with zero attached hydrogens (tertiary/aromatic N) is 4. The molecule has 8 heteroatoms. The molecule has 0 unspecified atom stereocenters. The van der Waals surface area contributed by atoms with Gasteiger partial charge in [0.2, 0.25) is 0 Å². The Balaban J connectivity index is 1.91. The van der Waals surface area contributed by atoms with Crippen LogP contribution in [0.25, 0.3) is 5.76 Å². The van der Waals surface area contributed by atoms with E-state index in [-0.39, 0.29) is 17.9 Å². The fourth-order valence-corrected chi connectivity index (χ4v) is 3.97. The SMILES string of the molecule is Cc1nn(C)c(C)c1/C(O)=C1\C(=O)C(=O)N(Cc2cccnc2)[C@H]1c1ccc(F)cc1. The highest BCUT2D eigenvalue weighted by atomic mass is 19.1. The van der Waals surface area contributed by atoms with Crippen LogP contribution in [0.2, 0.25) is 0 Å². The van der Waals surface area contributed by atoms with E-state index < -0.39 is 23.5 Å². The summed E-state index contributed by atoms with van der Waals surface area (Å²) in [7, 11) is 1.73. The standard InChI is InChI=1S/C23H21FN4O3/c1-13-18(14(2)27(3)26-13)21(29)19-20(16-6-8-17(24)9-7-16)28(23(31)22(19)30)12-15-5-4-10-25-11-15/h4-11,20,29H,12H2,1-3H3/b21-19+/t20-/m0/s1. The third-order valence-corrected chi connectivity index (χ3v) is 5.55. The average molecular weight is 420 g/mol. The molecule has 31 heavy (non-hydrogen) atoms. The second kappa shape index (κ2) is 7.79. The number of carbonyl (C=O) groups excluding carboxylic acids is 2. The van der Waals surface area contributed by atoms with E-state index in [1.165, 1.54) is 29.2 Å². The minimum absolute atomic E-state index is 0.0419. The monoisotopic (exact) mass is 420 g/mol. The highest BCUT2D eigenvalue weighted by Crippen LogP contribution is 2.41. The van der Waals surface area contributed by atoms with Gasteiger partial charge in [-0.15, -0.1) is 0 Å². The number of halogens is 1. The van der Waals surface area contributed by atoms with Crippen molar-refractivity contribution in [3.63, 3.8) is 0 Å². The minimum Gasteiger partial charge on any atom is -0.507 e. The second-order valence-corrected chi connectivity index (χ2v) is 7.51. The van der Waals surface area contributed by atoms with Gasteiger partial charge in [0.25, 0.3) is 11.7 Å². The van der Waals surface area contributed by atoms with Gasteiger partial charge in [0, 0.05) is 31.7 Å². The molecule has 1 aliphatic heterocycles. The van der Waals surface area contributed by atoms with Gasteiger partial charge in [-0.1, -0.05) is 18.2 Å². The largest absolute Gasteiger partial charge is 0.507 e. The number of aliphatic hydroxyl groups excluding tert-OH is 1. The Morgan fingerprint density at radius 3 is 2.45 bits per heavy atom. The lowest BCUT2D eigenvalue weighted by Gasteiger charge is -2.25. The molecule has 1 atom stereocenters. The zero-order chi connectivity index (χ0) is 22.3. The van der Waals surface area contributed by atoms with Gasteiger partial charge < -0.3 is 10.0 Å². The fraction of sp³-hybridized carbons (Fsp3) is 0.217. The first-order valence-corrected chi connectivity index (χ1v) is 9.73. The fourth-order valence-electron chi connectivity index (χ4n) is 3.97. The summed E-state index contributed by atoms with van der Waals surface area (Å²) in [5.74, 6) is -2.26. The zero-order valence-electron chi connectivity index (χ0n) is 17.3. The van der Waals surface area contributed by atoms with E-state index in [4.69, 9.17) is 0 Å². The van der Waals surface area contributed by atoms with Gasteiger partial charge in [-0.05, 0) is 43.2 Å². The molecule has 1 fully saturated rings. The molecule has 2 aromatic heterocycles. The number of hydrogen-bond acceptors (Lipinski definition) is 5. The lowest BCUT2D eigenvalue weighted by Crippen LogP contribution is -2.29. The molecule has 1 N–H and O–H groups in total. The van der Waals surface area contributed by atoms with E-state index in [1.54, 1.807) is 50.1 Å². The molecule has 0 aliphatic carbocycles. The van der Waals surface area contributed by atoms with Crippen molar-refractivity contribution in [3.05, 3.63) is 88.3 Å². The van der Waals surface area contributed by atoms with Gasteiger partial charge in [0.1, 0.15) is 11.6 Å². The molecule has 3 aromatic rings. The zero-order valence-corrected chi connectivity index (χ0v) is 17.3. The quantitative estimate of drug-likeness (QED) is 0.398. The van der Waals surface area contributed by atoms with Crippen LogP contribution in [0.5, 0.6) is 0 Å². The summed E-state index contributed by atoms with van der Waals surface area (Å²) in [5.41, 5.74) is 2.81. The summed E-state index contributed by atoms with van der Waals surface area (Å²) < 4.78 is 15.2. The smallest absolute Gasteiger partial charge is 0.295 e. The Bertz CT molecular complexity index is 1200.